The van der Waals surface area contributed by atoms with E-state index in [1.165, 1.54) is 0 Å². The Morgan fingerprint density at radius 1 is 1.23 bits per heavy atom. The summed E-state index contributed by atoms with van der Waals surface area (Å²) in [4.78, 5) is 18.8. The molecule has 2 aromatic rings. The van der Waals surface area contributed by atoms with Crippen LogP contribution in [0.25, 0.3) is 10.9 Å². The van der Waals surface area contributed by atoms with E-state index < -0.39 is 23.2 Å². The molecule has 0 amide bonds. The van der Waals surface area contributed by atoms with Crippen LogP contribution in [-0.4, -0.2) is 26.6 Å². The van der Waals surface area contributed by atoms with Crippen molar-refractivity contribution in [3.05, 3.63) is 29.6 Å². The van der Waals surface area contributed by atoms with Crippen molar-refractivity contribution in [3.63, 3.8) is 0 Å². The van der Waals surface area contributed by atoms with Crippen LogP contribution in [0, 0.1) is 0 Å². The van der Waals surface area contributed by atoms with Crippen molar-refractivity contribution in [2.75, 3.05) is 5.32 Å². The van der Waals surface area contributed by atoms with Gasteiger partial charge < -0.3 is 10.4 Å². The summed E-state index contributed by atoms with van der Waals surface area (Å²) in [5.41, 5.74) is -1.56. The number of anilines is 1. The number of nitrogens with zero attached hydrogens (tertiary/aromatic N) is 2. The topological polar surface area (TPSA) is 75.1 Å². The van der Waals surface area contributed by atoms with E-state index in [-0.39, 0.29) is 22.4 Å². The summed E-state index contributed by atoms with van der Waals surface area (Å²) in [6.45, 7) is 5.45. The van der Waals surface area contributed by atoms with Crippen molar-refractivity contribution < 1.29 is 23.1 Å². The maximum Gasteiger partial charge on any atom is 0.417 e. The van der Waals surface area contributed by atoms with Gasteiger partial charge in [0.2, 0.25) is 0 Å². The van der Waals surface area contributed by atoms with Crippen molar-refractivity contribution in [1.29, 1.82) is 0 Å². The lowest BCUT2D eigenvalue weighted by Crippen LogP contribution is -2.27. The molecule has 0 spiro atoms. The van der Waals surface area contributed by atoms with Crippen LogP contribution >= 0.6 is 0 Å². The van der Waals surface area contributed by atoms with Crippen molar-refractivity contribution in [1.82, 2.24) is 9.97 Å². The second kappa shape index (κ2) is 5.11. The molecule has 0 radical (unpaired) electrons. The normalized spacial score (nSPS) is 12.5. The number of hydrogen-bond donors (Lipinski definition) is 2. The van der Waals surface area contributed by atoms with Crippen LogP contribution in [0.1, 0.15) is 36.8 Å². The number of rotatable bonds is 2. The first-order chi connectivity index (χ1) is 9.97. The van der Waals surface area contributed by atoms with Crippen molar-refractivity contribution in [3.8, 4) is 0 Å². The van der Waals surface area contributed by atoms with Crippen LogP contribution in [0.15, 0.2) is 18.3 Å². The number of carboxylic acids is 1. The first-order valence-corrected chi connectivity index (χ1v) is 6.37. The number of alkyl halides is 3. The van der Waals surface area contributed by atoms with Gasteiger partial charge in [-0.15, -0.1) is 0 Å². The summed E-state index contributed by atoms with van der Waals surface area (Å²) in [5, 5.41) is 12.1. The zero-order chi connectivity index (χ0) is 16.7. The lowest BCUT2D eigenvalue weighted by molar-refractivity contribution is -0.137. The van der Waals surface area contributed by atoms with E-state index in [9.17, 15) is 18.0 Å². The van der Waals surface area contributed by atoms with Gasteiger partial charge in [0.15, 0.2) is 11.5 Å². The van der Waals surface area contributed by atoms with E-state index in [0.717, 1.165) is 12.1 Å². The molecule has 0 unspecified atom stereocenters. The highest BCUT2D eigenvalue weighted by Crippen LogP contribution is 2.32. The van der Waals surface area contributed by atoms with Gasteiger partial charge in [0, 0.05) is 17.1 Å². The molecule has 0 saturated heterocycles. The summed E-state index contributed by atoms with van der Waals surface area (Å²) in [6, 6.07) is 1.94. The van der Waals surface area contributed by atoms with Gasteiger partial charge in [-0.25, -0.2) is 9.78 Å². The highest BCUT2D eigenvalue weighted by molar-refractivity contribution is 5.96. The van der Waals surface area contributed by atoms with Crippen LogP contribution in [-0.2, 0) is 6.18 Å². The first-order valence-electron chi connectivity index (χ1n) is 6.37. The predicted molar refractivity (Wildman–Crippen MR) is 74.9 cm³/mol. The standard InChI is InChI=1S/C14H14F3N3O2/c1-13(2,3)20-11-10-7(5-9(19-11)12(21)22)4-8(6-18-10)14(15,16)17/h4-6H,1-3H3,(H,19,20)(H,21,22). The molecule has 5 nitrogen and oxygen atoms in total. The molecule has 0 aromatic carbocycles. The van der Waals surface area contributed by atoms with Gasteiger partial charge in [0.25, 0.3) is 0 Å². The molecular formula is C14H14F3N3O2. The van der Waals surface area contributed by atoms with Gasteiger partial charge in [0.05, 0.1) is 5.56 Å². The number of hydrogen-bond acceptors (Lipinski definition) is 4. The molecule has 22 heavy (non-hydrogen) atoms. The summed E-state index contributed by atoms with van der Waals surface area (Å²) >= 11 is 0. The van der Waals surface area contributed by atoms with E-state index in [1.54, 1.807) is 0 Å². The van der Waals surface area contributed by atoms with Gasteiger partial charge in [0.1, 0.15) is 5.52 Å². The molecule has 2 N–H and O–H groups in total. The zero-order valence-corrected chi connectivity index (χ0v) is 12.1. The van der Waals surface area contributed by atoms with Gasteiger partial charge in [-0.05, 0) is 32.9 Å². The van der Waals surface area contributed by atoms with Crippen LogP contribution in [0.5, 0.6) is 0 Å². The zero-order valence-electron chi connectivity index (χ0n) is 12.1. The molecule has 0 atom stereocenters. The fraction of sp³-hybridized carbons (Fsp3) is 0.357. The van der Waals surface area contributed by atoms with Gasteiger partial charge in [-0.2, -0.15) is 13.2 Å². The molecule has 0 aliphatic carbocycles. The van der Waals surface area contributed by atoms with Crippen LogP contribution in [0.3, 0.4) is 0 Å². The number of carboxylic acid groups (broad SMARTS) is 1. The molecule has 0 aliphatic heterocycles. The Balaban J connectivity index is 2.70. The van der Waals surface area contributed by atoms with Crippen LogP contribution in [0.4, 0.5) is 19.0 Å². The highest BCUT2D eigenvalue weighted by Gasteiger charge is 2.31. The fourth-order valence-electron chi connectivity index (χ4n) is 1.85. The minimum Gasteiger partial charge on any atom is -0.477 e. The number of halogens is 3. The number of aromatic carboxylic acids is 1. The molecule has 2 rings (SSSR count). The van der Waals surface area contributed by atoms with E-state index in [0.29, 0.717) is 6.20 Å². The van der Waals surface area contributed by atoms with Gasteiger partial charge >= 0.3 is 12.1 Å². The van der Waals surface area contributed by atoms with Crippen LogP contribution in [0.2, 0.25) is 0 Å². The Labute approximate surface area is 124 Å². The maximum atomic E-state index is 12.8. The highest BCUT2D eigenvalue weighted by atomic mass is 19.4. The largest absolute Gasteiger partial charge is 0.477 e. The van der Waals surface area contributed by atoms with E-state index in [4.69, 9.17) is 5.11 Å². The number of fused-ring (bicyclic) bond motifs is 1. The molecule has 0 saturated carbocycles. The van der Waals surface area contributed by atoms with Gasteiger partial charge in [-0.3, -0.25) is 4.98 Å². The van der Waals surface area contributed by atoms with Gasteiger partial charge in [-0.1, -0.05) is 0 Å². The summed E-state index contributed by atoms with van der Waals surface area (Å²) in [5.74, 6) is -1.19. The molecule has 2 aromatic heterocycles. The third kappa shape index (κ3) is 3.44. The minimum atomic E-state index is -4.55. The first kappa shape index (κ1) is 16.0. The number of carbonyl (C=O) groups is 1. The number of pyridine rings is 2. The van der Waals surface area contributed by atoms with Crippen molar-refractivity contribution >= 4 is 22.7 Å². The summed E-state index contributed by atoms with van der Waals surface area (Å²) in [7, 11) is 0. The number of nitrogens with one attached hydrogen (secondary N) is 1. The third-order valence-electron chi connectivity index (χ3n) is 2.71. The third-order valence-corrected chi connectivity index (χ3v) is 2.71. The van der Waals surface area contributed by atoms with Crippen molar-refractivity contribution in [2.45, 2.75) is 32.5 Å². The average Bonchev–Trinajstić information content (AvgIpc) is 2.34. The summed E-state index contributed by atoms with van der Waals surface area (Å²) < 4.78 is 38.3. The maximum absolute atomic E-state index is 12.8. The lowest BCUT2D eigenvalue weighted by Gasteiger charge is -2.22. The second-order valence-electron chi connectivity index (χ2n) is 5.83. The smallest absolute Gasteiger partial charge is 0.417 e. The molecule has 8 heteroatoms. The Morgan fingerprint density at radius 2 is 1.86 bits per heavy atom. The number of aromatic nitrogens is 2. The Hall–Kier alpha value is -2.38. The van der Waals surface area contributed by atoms with E-state index >= 15 is 0 Å². The molecule has 118 valence electrons. The Morgan fingerprint density at radius 3 is 2.36 bits per heavy atom. The molecule has 0 fully saturated rings. The molecular weight excluding hydrogens is 299 g/mol. The SMILES string of the molecule is CC(C)(C)Nc1nc(C(=O)O)cc2cc(C(F)(F)F)cnc12. The fourth-order valence-corrected chi connectivity index (χ4v) is 1.85. The second-order valence-corrected chi connectivity index (χ2v) is 5.83. The lowest BCUT2D eigenvalue weighted by atomic mass is 10.1. The monoisotopic (exact) mass is 313 g/mol. The molecule has 2 heterocycles. The molecule has 0 aliphatic rings. The van der Waals surface area contributed by atoms with Crippen LogP contribution < -0.4 is 5.32 Å². The minimum absolute atomic E-state index is 0.0639. The van der Waals surface area contributed by atoms with Crippen molar-refractivity contribution in [2.24, 2.45) is 0 Å². The summed E-state index contributed by atoms with van der Waals surface area (Å²) in [6.07, 6.45) is -3.84. The Bertz CT molecular complexity index is 736. The quantitative estimate of drug-likeness (QED) is 0.886. The Kier molecular flexibility index (Phi) is 3.72. The average molecular weight is 313 g/mol. The van der Waals surface area contributed by atoms with E-state index in [1.807, 2.05) is 20.8 Å². The predicted octanol–water partition coefficient (Wildman–Crippen LogP) is 3.56. The van der Waals surface area contributed by atoms with E-state index in [2.05, 4.69) is 15.3 Å². The molecule has 0 bridgehead atoms.